The molecule has 0 aliphatic carbocycles. The number of aliphatic hydroxyl groups is 5. The van der Waals surface area contributed by atoms with Crippen LogP contribution in [0.25, 0.3) is 10.8 Å². The summed E-state index contributed by atoms with van der Waals surface area (Å²) >= 11 is 0. The summed E-state index contributed by atoms with van der Waals surface area (Å²) in [5.41, 5.74) is 0.941. The van der Waals surface area contributed by atoms with Gasteiger partial charge in [-0.3, -0.25) is 9.59 Å². The van der Waals surface area contributed by atoms with Gasteiger partial charge < -0.3 is 45.6 Å². The Morgan fingerprint density at radius 2 is 1.32 bits per heavy atom. The monoisotopic (exact) mass is 800 g/mol. The van der Waals surface area contributed by atoms with Gasteiger partial charge in [0.15, 0.2) is 17.9 Å². The van der Waals surface area contributed by atoms with Gasteiger partial charge in [-0.15, -0.1) is 0 Å². The van der Waals surface area contributed by atoms with E-state index >= 15 is 0 Å². The molecule has 13 heteroatoms. The Labute approximate surface area is 334 Å². The Hall–Kier alpha value is -3.56. The standard InChI is InChI=1S/C44H62F2N2O9/c1-2-3-4-5-6-7-8-9-10-11-12-13-18-36(49)40(52)35(48-39(51)26-30-20-22-33(45)34(46)24-30)28-56-44-43(55)42(54)41(53)37(57-44)27-47-38(50)25-29-19-21-31-16-14-15-17-32(31)23-29/h14-17,19-24,35-37,40-44,49,52-55H,2-13,18,25-28H2,1H3,(H,47,50)(H,48,51)/t35-,36+,37+,40-,41-,42-,43+,44-/m0/s1. The Morgan fingerprint density at radius 1 is 0.719 bits per heavy atom. The van der Waals surface area contributed by atoms with Crippen molar-refractivity contribution in [2.24, 2.45) is 0 Å². The molecule has 0 spiro atoms. The fraction of sp³-hybridized carbons (Fsp3) is 0.591. The van der Waals surface area contributed by atoms with E-state index in [9.17, 15) is 43.9 Å². The van der Waals surface area contributed by atoms with Gasteiger partial charge in [0.25, 0.3) is 0 Å². The molecule has 0 radical (unpaired) electrons. The Morgan fingerprint density at radius 3 is 1.98 bits per heavy atom. The summed E-state index contributed by atoms with van der Waals surface area (Å²) in [6.07, 6.45) is 2.86. The van der Waals surface area contributed by atoms with Crippen LogP contribution < -0.4 is 10.6 Å². The SMILES string of the molecule is CCCCCCCCCCCCCC[C@@H](O)[C@@H](O)[C@H](CO[C@H]1O[C@H](CNC(=O)Cc2ccc3ccccc3c2)[C@H](O)[C@H](O)[C@H]1O)NC(=O)Cc1ccc(F)c(F)c1. The van der Waals surface area contributed by atoms with Crippen molar-refractivity contribution in [3.05, 3.63) is 83.4 Å². The van der Waals surface area contributed by atoms with Gasteiger partial charge in [-0.25, -0.2) is 8.78 Å². The predicted molar refractivity (Wildman–Crippen MR) is 213 cm³/mol. The van der Waals surface area contributed by atoms with Crippen LogP contribution in [0.4, 0.5) is 8.78 Å². The molecule has 1 aliphatic rings. The molecule has 0 saturated carbocycles. The molecule has 1 saturated heterocycles. The van der Waals surface area contributed by atoms with E-state index in [1.807, 2.05) is 42.5 Å². The minimum absolute atomic E-state index is 0.0458. The fourth-order valence-corrected chi connectivity index (χ4v) is 7.18. The summed E-state index contributed by atoms with van der Waals surface area (Å²) < 4.78 is 38.9. The summed E-state index contributed by atoms with van der Waals surface area (Å²) in [4.78, 5) is 25.9. The number of carbonyl (C=O) groups is 2. The minimum Gasteiger partial charge on any atom is -0.390 e. The molecule has 8 atom stereocenters. The number of ether oxygens (including phenoxy) is 2. The number of halogens is 2. The highest BCUT2D eigenvalue weighted by molar-refractivity contribution is 5.85. The molecule has 3 aromatic carbocycles. The quantitative estimate of drug-likeness (QED) is 0.0572. The summed E-state index contributed by atoms with van der Waals surface area (Å²) in [6, 6.07) is 15.2. The molecule has 1 heterocycles. The third kappa shape index (κ3) is 15.3. The van der Waals surface area contributed by atoms with Crippen molar-refractivity contribution in [3.8, 4) is 0 Å². The Bertz CT molecular complexity index is 1670. The zero-order chi connectivity index (χ0) is 41.2. The molecular weight excluding hydrogens is 738 g/mol. The van der Waals surface area contributed by atoms with E-state index in [1.54, 1.807) is 0 Å². The second-order valence-electron chi connectivity index (χ2n) is 15.3. The van der Waals surface area contributed by atoms with Crippen molar-refractivity contribution in [3.63, 3.8) is 0 Å². The lowest BCUT2D eigenvalue weighted by molar-refractivity contribution is -0.297. The molecular formula is C44H62F2N2O9. The molecule has 1 fully saturated rings. The summed E-state index contributed by atoms with van der Waals surface area (Å²) in [5, 5.41) is 61.5. The van der Waals surface area contributed by atoms with Gasteiger partial charge in [0.2, 0.25) is 11.8 Å². The van der Waals surface area contributed by atoms with Gasteiger partial charge in [-0.05, 0) is 40.5 Å². The van der Waals surface area contributed by atoms with Crippen LogP contribution >= 0.6 is 0 Å². The highest BCUT2D eigenvalue weighted by Crippen LogP contribution is 2.24. The van der Waals surface area contributed by atoms with Gasteiger partial charge in [-0.1, -0.05) is 133 Å². The molecule has 0 unspecified atom stereocenters. The number of hydrogen-bond acceptors (Lipinski definition) is 9. The zero-order valence-electron chi connectivity index (χ0n) is 33.0. The van der Waals surface area contributed by atoms with Crippen LogP contribution in [-0.2, 0) is 31.9 Å². The number of benzene rings is 3. The summed E-state index contributed by atoms with van der Waals surface area (Å²) in [7, 11) is 0. The maximum atomic E-state index is 13.8. The van der Waals surface area contributed by atoms with E-state index in [2.05, 4.69) is 17.6 Å². The van der Waals surface area contributed by atoms with E-state index in [4.69, 9.17) is 9.47 Å². The molecule has 3 aromatic rings. The maximum Gasteiger partial charge on any atom is 0.224 e. The molecule has 0 bridgehead atoms. The third-order valence-electron chi connectivity index (χ3n) is 10.6. The number of unbranched alkanes of at least 4 members (excludes halogenated alkanes) is 11. The minimum atomic E-state index is -1.74. The van der Waals surface area contributed by atoms with Gasteiger partial charge in [0, 0.05) is 6.54 Å². The van der Waals surface area contributed by atoms with Crippen molar-refractivity contribution in [1.29, 1.82) is 0 Å². The first kappa shape index (κ1) is 46.1. The normalized spacial score (nSPS) is 21.2. The Balaban J connectivity index is 1.30. The number of hydrogen-bond donors (Lipinski definition) is 7. The molecule has 2 amide bonds. The highest BCUT2D eigenvalue weighted by atomic mass is 19.2. The van der Waals surface area contributed by atoms with Crippen LogP contribution in [0.2, 0.25) is 0 Å². The average Bonchev–Trinajstić information content (AvgIpc) is 3.20. The van der Waals surface area contributed by atoms with Gasteiger partial charge >= 0.3 is 0 Å². The number of carbonyl (C=O) groups excluding carboxylic acids is 2. The number of fused-ring (bicyclic) bond motifs is 1. The molecule has 316 valence electrons. The van der Waals surface area contributed by atoms with Crippen LogP contribution in [-0.4, -0.2) is 99.5 Å². The maximum absolute atomic E-state index is 13.8. The number of aliphatic hydroxyl groups excluding tert-OH is 5. The van der Waals surface area contributed by atoms with Crippen molar-refractivity contribution in [2.45, 2.75) is 152 Å². The van der Waals surface area contributed by atoms with Crippen LogP contribution in [0.3, 0.4) is 0 Å². The lowest BCUT2D eigenvalue weighted by Crippen LogP contribution is -2.61. The van der Waals surface area contributed by atoms with Gasteiger partial charge in [0.1, 0.15) is 30.5 Å². The molecule has 7 N–H and O–H groups in total. The lowest BCUT2D eigenvalue weighted by Gasteiger charge is -2.41. The van der Waals surface area contributed by atoms with Crippen LogP contribution in [0.15, 0.2) is 60.7 Å². The molecule has 57 heavy (non-hydrogen) atoms. The third-order valence-corrected chi connectivity index (χ3v) is 10.6. The van der Waals surface area contributed by atoms with Gasteiger partial charge in [-0.2, -0.15) is 0 Å². The summed E-state index contributed by atoms with van der Waals surface area (Å²) in [5.74, 6) is -3.24. The van der Waals surface area contributed by atoms with E-state index < -0.39 is 73.1 Å². The van der Waals surface area contributed by atoms with Crippen LogP contribution in [0.1, 0.15) is 102 Å². The first-order valence-corrected chi connectivity index (χ1v) is 20.6. The highest BCUT2D eigenvalue weighted by Gasteiger charge is 2.45. The van der Waals surface area contributed by atoms with E-state index in [0.717, 1.165) is 54.2 Å². The van der Waals surface area contributed by atoms with Crippen LogP contribution in [0, 0.1) is 11.6 Å². The van der Waals surface area contributed by atoms with E-state index in [0.29, 0.717) is 6.42 Å². The zero-order valence-corrected chi connectivity index (χ0v) is 33.0. The molecule has 11 nitrogen and oxygen atoms in total. The van der Waals surface area contributed by atoms with Crippen molar-refractivity contribution in [1.82, 2.24) is 10.6 Å². The topological polar surface area (TPSA) is 178 Å². The second kappa shape index (κ2) is 24.4. The second-order valence-corrected chi connectivity index (χ2v) is 15.3. The smallest absolute Gasteiger partial charge is 0.224 e. The molecule has 4 rings (SSSR count). The van der Waals surface area contributed by atoms with Crippen molar-refractivity contribution < 1.29 is 53.4 Å². The number of rotatable bonds is 25. The van der Waals surface area contributed by atoms with Crippen molar-refractivity contribution >= 4 is 22.6 Å². The number of nitrogens with one attached hydrogen (secondary N) is 2. The van der Waals surface area contributed by atoms with E-state index in [1.165, 1.54) is 51.0 Å². The van der Waals surface area contributed by atoms with Crippen molar-refractivity contribution in [2.75, 3.05) is 13.2 Å². The predicted octanol–water partition coefficient (Wildman–Crippen LogP) is 5.14. The van der Waals surface area contributed by atoms with Crippen LogP contribution in [0.5, 0.6) is 0 Å². The first-order valence-electron chi connectivity index (χ1n) is 20.6. The largest absolute Gasteiger partial charge is 0.390 e. The first-order chi connectivity index (χ1) is 27.5. The molecule has 0 aromatic heterocycles. The average molecular weight is 801 g/mol. The Kier molecular flexibility index (Phi) is 19.7. The van der Waals surface area contributed by atoms with E-state index in [-0.39, 0.29) is 37.3 Å². The van der Waals surface area contributed by atoms with Gasteiger partial charge in [0.05, 0.1) is 31.6 Å². The number of amides is 2. The fourth-order valence-electron chi connectivity index (χ4n) is 7.18. The molecule has 1 aliphatic heterocycles. The lowest BCUT2D eigenvalue weighted by atomic mass is 9.98. The summed E-state index contributed by atoms with van der Waals surface area (Å²) in [6.45, 7) is 1.47.